The van der Waals surface area contributed by atoms with Gasteiger partial charge in [0.2, 0.25) is 0 Å². The number of benzene rings is 1. The van der Waals surface area contributed by atoms with E-state index in [4.69, 9.17) is 0 Å². The molecule has 0 aliphatic heterocycles. The maximum atomic E-state index is 13.1. The van der Waals surface area contributed by atoms with Crippen LogP contribution in [-0.4, -0.2) is 17.1 Å². The Morgan fingerprint density at radius 3 is 2.43 bits per heavy atom. The van der Waals surface area contributed by atoms with Gasteiger partial charge in [0.05, 0.1) is 11.7 Å². The smallest absolute Gasteiger partial charge is 0.131 e. The molecule has 4 heteroatoms. The highest BCUT2D eigenvalue weighted by Gasteiger charge is 2.16. The number of hydrogen-bond donors (Lipinski definition) is 1. The van der Waals surface area contributed by atoms with E-state index in [1.165, 1.54) is 17.8 Å². The number of rotatable bonds is 4. The Bertz CT molecular complexity index is 284. The van der Waals surface area contributed by atoms with E-state index in [1.807, 2.05) is 6.26 Å². The largest absolute Gasteiger partial charge is 0.388 e. The van der Waals surface area contributed by atoms with E-state index in [2.05, 4.69) is 0 Å². The van der Waals surface area contributed by atoms with Gasteiger partial charge in [-0.25, -0.2) is 8.78 Å². The molecule has 0 aliphatic carbocycles. The molecule has 1 aromatic carbocycles. The Hall–Kier alpha value is -0.610. The van der Waals surface area contributed by atoms with Crippen LogP contribution in [0.3, 0.4) is 0 Å². The van der Waals surface area contributed by atoms with E-state index < -0.39 is 17.7 Å². The van der Waals surface area contributed by atoms with Gasteiger partial charge in [-0.2, -0.15) is 11.8 Å². The van der Waals surface area contributed by atoms with Crippen molar-refractivity contribution in [2.75, 3.05) is 12.0 Å². The van der Waals surface area contributed by atoms with Crippen LogP contribution in [0.15, 0.2) is 18.2 Å². The molecular formula is C10H12F2OS. The minimum atomic E-state index is -1.05. The first kappa shape index (κ1) is 11.5. The van der Waals surface area contributed by atoms with Crippen LogP contribution < -0.4 is 0 Å². The van der Waals surface area contributed by atoms with Gasteiger partial charge < -0.3 is 5.11 Å². The van der Waals surface area contributed by atoms with Crippen molar-refractivity contribution in [3.8, 4) is 0 Å². The minimum Gasteiger partial charge on any atom is -0.388 e. The third kappa shape index (κ3) is 2.69. The zero-order valence-corrected chi connectivity index (χ0v) is 8.65. The first-order valence-electron chi connectivity index (χ1n) is 4.27. The topological polar surface area (TPSA) is 20.2 Å². The van der Waals surface area contributed by atoms with Crippen LogP contribution in [0.5, 0.6) is 0 Å². The molecule has 0 spiro atoms. The number of halogens is 2. The van der Waals surface area contributed by atoms with Crippen molar-refractivity contribution >= 4 is 11.8 Å². The van der Waals surface area contributed by atoms with E-state index in [1.54, 1.807) is 0 Å². The molecule has 0 heterocycles. The van der Waals surface area contributed by atoms with Crippen molar-refractivity contribution in [2.24, 2.45) is 0 Å². The van der Waals surface area contributed by atoms with Gasteiger partial charge >= 0.3 is 0 Å². The van der Waals surface area contributed by atoms with E-state index in [9.17, 15) is 13.9 Å². The second-order valence-corrected chi connectivity index (χ2v) is 3.92. The Kier molecular flexibility index (Phi) is 4.35. The fourth-order valence-electron chi connectivity index (χ4n) is 1.20. The Morgan fingerprint density at radius 2 is 1.93 bits per heavy atom. The van der Waals surface area contributed by atoms with Gasteiger partial charge in [-0.1, -0.05) is 6.07 Å². The average Bonchev–Trinajstić information content (AvgIpc) is 2.14. The monoisotopic (exact) mass is 218 g/mol. The fourth-order valence-corrected chi connectivity index (χ4v) is 1.66. The maximum absolute atomic E-state index is 13.1. The van der Waals surface area contributed by atoms with Crippen LogP contribution in [0.2, 0.25) is 0 Å². The quantitative estimate of drug-likeness (QED) is 0.838. The van der Waals surface area contributed by atoms with Crippen molar-refractivity contribution in [1.29, 1.82) is 0 Å². The SMILES string of the molecule is CSCCC(O)c1c(F)cccc1F. The third-order valence-electron chi connectivity index (χ3n) is 1.93. The molecule has 1 N–H and O–H groups in total. The van der Waals surface area contributed by atoms with Crippen molar-refractivity contribution in [3.05, 3.63) is 35.4 Å². The predicted octanol–water partition coefficient (Wildman–Crippen LogP) is 2.75. The highest BCUT2D eigenvalue weighted by Crippen LogP contribution is 2.23. The van der Waals surface area contributed by atoms with Crippen molar-refractivity contribution in [2.45, 2.75) is 12.5 Å². The summed E-state index contributed by atoms with van der Waals surface area (Å²) in [5.41, 5.74) is -0.221. The molecule has 0 aliphatic rings. The maximum Gasteiger partial charge on any atom is 0.131 e. The summed E-state index contributed by atoms with van der Waals surface area (Å²) < 4.78 is 26.2. The summed E-state index contributed by atoms with van der Waals surface area (Å²) in [5.74, 6) is -0.688. The second-order valence-electron chi connectivity index (χ2n) is 2.93. The van der Waals surface area contributed by atoms with Gasteiger partial charge in [0.1, 0.15) is 11.6 Å². The molecule has 14 heavy (non-hydrogen) atoms. The summed E-state index contributed by atoms with van der Waals surface area (Å²) in [6.45, 7) is 0. The van der Waals surface area contributed by atoms with E-state index in [-0.39, 0.29) is 5.56 Å². The summed E-state index contributed by atoms with van der Waals surface area (Å²) >= 11 is 1.53. The molecule has 1 rings (SSSR count). The fraction of sp³-hybridized carbons (Fsp3) is 0.400. The first-order valence-corrected chi connectivity index (χ1v) is 5.67. The first-order chi connectivity index (χ1) is 6.66. The number of aliphatic hydroxyl groups is 1. The lowest BCUT2D eigenvalue weighted by atomic mass is 10.1. The molecule has 0 bridgehead atoms. The number of aliphatic hydroxyl groups excluding tert-OH is 1. The van der Waals surface area contributed by atoms with Gasteiger partial charge in [-0.05, 0) is 30.6 Å². The molecule has 0 amide bonds. The summed E-state index contributed by atoms with van der Waals surface area (Å²) in [5, 5.41) is 9.52. The third-order valence-corrected chi connectivity index (χ3v) is 2.57. The van der Waals surface area contributed by atoms with E-state index in [0.717, 1.165) is 12.1 Å². The zero-order chi connectivity index (χ0) is 10.6. The summed E-state index contributed by atoms with van der Waals surface area (Å²) in [4.78, 5) is 0. The van der Waals surface area contributed by atoms with E-state index in [0.29, 0.717) is 12.2 Å². The molecule has 1 nitrogen and oxygen atoms in total. The lowest BCUT2D eigenvalue weighted by Gasteiger charge is -2.11. The summed E-state index contributed by atoms with van der Waals surface area (Å²) in [7, 11) is 0. The molecule has 0 radical (unpaired) electrons. The van der Waals surface area contributed by atoms with Gasteiger partial charge in [-0.3, -0.25) is 0 Å². The lowest BCUT2D eigenvalue weighted by Crippen LogP contribution is -2.05. The number of thioether (sulfide) groups is 1. The van der Waals surface area contributed by atoms with Gasteiger partial charge in [0, 0.05) is 0 Å². The van der Waals surface area contributed by atoms with Crippen molar-refractivity contribution in [3.63, 3.8) is 0 Å². The van der Waals surface area contributed by atoms with Crippen LogP contribution in [0, 0.1) is 11.6 Å². The van der Waals surface area contributed by atoms with Crippen LogP contribution in [0.1, 0.15) is 18.1 Å². The van der Waals surface area contributed by atoms with Crippen molar-refractivity contribution in [1.82, 2.24) is 0 Å². The highest BCUT2D eigenvalue weighted by molar-refractivity contribution is 7.98. The second kappa shape index (κ2) is 5.32. The standard InChI is InChI=1S/C10H12F2OS/c1-14-6-5-9(13)10-7(11)3-2-4-8(10)12/h2-4,9,13H,5-6H2,1H3. The Labute approximate surface area is 86.1 Å². The molecule has 1 atom stereocenters. The molecular weight excluding hydrogens is 206 g/mol. The van der Waals surface area contributed by atoms with Crippen LogP contribution >= 0.6 is 11.8 Å². The summed E-state index contributed by atoms with van der Waals surface area (Å²) in [6.07, 6.45) is 1.19. The predicted molar refractivity (Wildman–Crippen MR) is 54.3 cm³/mol. The Balaban J connectivity index is 2.82. The van der Waals surface area contributed by atoms with Gasteiger partial charge in [0.25, 0.3) is 0 Å². The minimum absolute atomic E-state index is 0.221. The average molecular weight is 218 g/mol. The number of hydrogen-bond acceptors (Lipinski definition) is 2. The molecule has 0 saturated carbocycles. The molecule has 0 fully saturated rings. The molecule has 1 aromatic rings. The molecule has 0 aromatic heterocycles. The van der Waals surface area contributed by atoms with E-state index >= 15 is 0 Å². The van der Waals surface area contributed by atoms with Crippen LogP contribution in [-0.2, 0) is 0 Å². The van der Waals surface area contributed by atoms with Gasteiger partial charge in [-0.15, -0.1) is 0 Å². The van der Waals surface area contributed by atoms with Crippen LogP contribution in [0.4, 0.5) is 8.78 Å². The molecule has 0 saturated heterocycles. The van der Waals surface area contributed by atoms with Gasteiger partial charge in [0.15, 0.2) is 0 Å². The van der Waals surface area contributed by atoms with Crippen molar-refractivity contribution < 1.29 is 13.9 Å². The summed E-state index contributed by atoms with van der Waals surface area (Å²) in [6, 6.07) is 3.59. The molecule has 78 valence electrons. The lowest BCUT2D eigenvalue weighted by molar-refractivity contribution is 0.165. The molecule has 1 unspecified atom stereocenters. The highest BCUT2D eigenvalue weighted by atomic mass is 32.2. The Morgan fingerprint density at radius 1 is 1.36 bits per heavy atom. The normalized spacial score (nSPS) is 12.9. The zero-order valence-electron chi connectivity index (χ0n) is 7.84. The van der Waals surface area contributed by atoms with Crippen LogP contribution in [0.25, 0.3) is 0 Å².